The molecule has 1 aliphatic carbocycles. The molecule has 3 aromatic rings. The van der Waals surface area contributed by atoms with Crippen LogP contribution in [-0.4, -0.2) is 22.5 Å². The van der Waals surface area contributed by atoms with Crippen LogP contribution in [0.3, 0.4) is 0 Å². The summed E-state index contributed by atoms with van der Waals surface area (Å²) in [6.07, 6.45) is 5.07. The molecule has 12 heteroatoms. The number of benzene rings is 3. The third-order valence-electron chi connectivity index (χ3n) is 5.93. The Kier molecular flexibility index (Phi) is 7.29. The molecule has 0 radical (unpaired) electrons. The Bertz CT molecular complexity index is 1590. The molecule has 1 atom stereocenters. The predicted octanol–water partition coefficient (Wildman–Crippen LogP) is 5.14. The van der Waals surface area contributed by atoms with E-state index in [1.807, 2.05) is 37.3 Å². The third-order valence-corrected chi connectivity index (χ3v) is 8.26. The van der Waals surface area contributed by atoms with Crippen molar-refractivity contribution in [3.8, 4) is 0 Å². The highest BCUT2D eigenvalue weighted by Crippen LogP contribution is 2.37. The van der Waals surface area contributed by atoms with Gasteiger partial charge in [-0.1, -0.05) is 51.0 Å². The summed E-state index contributed by atoms with van der Waals surface area (Å²) in [6.45, 7) is 3.64. The number of nitrogens with zero attached hydrogens (tertiary/aromatic N) is 4. The lowest BCUT2D eigenvalue weighted by atomic mass is 9.86. The van der Waals surface area contributed by atoms with Gasteiger partial charge < -0.3 is 11.5 Å². The van der Waals surface area contributed by atoms with E-state index in [0.29, 0.717) is 16.9 Å². The van der Waals surface area contributed by atoms with Crippen molar-refractivity contribution in [2.24, 2.45) is 19.3 Å². The maximum Gasteiger partial charge on any atom is 0.299 e. The maximum atomic E-state index is 12.9. The molecule has 0 fully saturated rings. The first-order valence-electron chi connectivity index (χ1n) is 11.4. The van der Waals surface area contributed by atoms with Crippen LogP contribution in [0.15, 0.2) is 126 Å². The van der Waals surface area contributed by atoms with Gasteiger partial charge in [-0.2, -0.15) is 16.8 Å². The van der Waals surface area contributed by atoms with Crippen LogP contribution in [0.2, 0.25) is 0 Å². The molecule has 3 aromatic carbocycles. The van der Waals surface area contributed by atoms with Gasteiger partial charge in [0.05, 0.1) is 9.79 Å². The highest BCUT2D eigenvalue weighted by Gasteiger charge is 2.35. The molecule has 0 saturated heterocycles. The molecule has 4 rings (SSSR count). The smallest absolute Gasteiger partial charge is 0.299 e. The molecule has 4 N–H and O–H groups in total. The SMILES string of the molecule is CC1=CC(c2cccc(C)c2)C=CC1(N=NS(=O)(=O)c1ccc(N)cc1)N=NS(=O)(=O)c1ccc(N)cc1. The summed E-state index contributed by atoms with van der Waals surface area (Å²) in [6, 6.07) is 18.8. The zero-order chi connectivity index (χ0) is 27.6. The number of anilines is 2. The first-order valence-corrected chi connectivity index (χ1v) is 14.3. The summed E-state index contributed by atoms with van der Waals surface area (Å²) in [7, 11) is -8.49. The Hall–Kier alpha value is -4.16. The number of nitrogen functional groups attached to an aromatic ring is 2. The van der Waals surface area contributed by atoms with Gasteiger partial charge in [0.1, 0.15) is 0 Å². The molecule has 10 nitrogen and oxygen atoms in total. The molecule has 0 bridgehead atoms. The third kappa shape index (κ3) is 5.87. The Morgan fingerprint density at radius 1 is 0.737 bits per heavy atom. The zero-order valence-corrected chi connectivity index (χ0v) is 22.3. The summed E-state index contributed by atoms with van der Waals surface area (Å²) in [4.78, 5) is -0.257. The topological polar surface area (TPSA) is 170 Å². The van der Waals surface area contributed by atoms with E-state index in [0.717, 1.165) is 11.1 Å². The minimum Gasteiger partial charge on any atom is -0.399 e. The average Bonchev–Trinajstić information content (AvgIpc) is 2.88. The molecule has 0 aromatic heterocycles. The van der Waals surface area contributed by atoms with Crippen LogP contribution in [0.5, 0.6) is 0 Å². The zero-order valence-electron chi connectivity index (χ0n) is 20.6. The summed E-state index contributed by atoms with van der Waals surface area (Å²) >= 11 is 0. The highest BCUT2D eigenvalue weighted by atomic mass is 32.2. The molecule has 0 aliphatic heterocycles. The maximum absolute atomic E-state index is 12.9. The molecule has 0 saturated carbocycles. The van der Waals surface area contributed by atoms with Crippen molar-refractivity contribution in [3.63, 3.8) is 0 Å². The Balaban J connectivity index is 1.77. The fraction of sp³-hybridized carbons (Fsp3) is 0.154. The van der Waals surface area contributed by atoms with Gasteiger partial charge in [0, 0.05) is 17.3 Å². The molecular formula is C26H26N6O4S2. The number of rotatable bonds is 7. The van der Waals surface area contributed by atoms with Crippen LogP contribution in [-0.2, 0) is 20.0 Å². The van der Waals surface area contributed by atoms with Gasteiger partial charge in [-0.3, -0.25) is 0 Å². The molecular weight excluding hydrogens is 524 g/mol. The Morgan fingerprint density at radius 3 is 1.68 bits per heavy atom. The first-order chi connectivity index (χ1) is 17.9. The minimum atomic E-state index is -4.24. The Morgan fingerprint density at radius 2 is 1.24 bits per heavy atom. The summed E-state index contributed by atoms with van der Waals surface area (Å²) in [5, 5.41) is 8.06. The van der Waals surface area contributed by atoms with Crippen LogP contribution in [0.25, 0.3) is 0 Å². The van der Waals surface area contributed by atoms with Gasteiger partial charge in [0.25, 0.3) is 20.0 Å². The van der Waals surface area contributed by atoms with Crippen molar-refractivity contribution < 1.29 is 16.8 Å². The number of hydrogen-bond donors (Lipinski definition) is 2. The van der Waals surface area contributed by atoms with Crippen LogP contribution in [0.1, 0.15) is 24.0 Å². The van der Waals surface area contributed by atoms with Gasteiger partial charge in [-0.15, -0.1) is 10.2 Å². The normalized spacial score (nSPS) is 20.2. The second-order valence-corrected chi connectivity index (χ2v) is 12.0. The summed E-state index contributed by atoms with van der Waals surface area (Å²) in [5.74, 6) is -0.171. The van der Waals surface area contributed by atoms with Crippen molar-refractivity contribution in [3.05, 3.63) is 108 Å². The van der Waals surface area contributed by atoms with Crippen LogP contribution < -0.4 is 11.5 Å². The molecule has 0 heterocycles. The van der Waals surface area contributed by atoms with Crippen molar-refractivity contribution in [1.29, 1.82) is 0 Å². The molecule has 1 aliphatic rings. The van der Waals surface area contributed by atoms with E-state index in [1.54, 1.807) is 13.0 Å². The van der Waals surface area contributed by atoms with Gasteiger partial charge in [0.2, 0.25) is 5.66 Å². The number of aryl methyl sites for hydroxylation is 1. The fourth-order valence-electron chi connectivity index (χ4n) is 3.75. The number of sulfonamides is 2. The second-order valence-electron chi connectivity index (χ2n) is 8.83. The van der Waals surface area contributed by atoms with Crippen molar-refractivity contribution >= 4 is 31.4 Å². The van der Waals surface area contributed by atoms with Gasteiger partial charge in [0.15, 0.2) is 0 Å². The monoisotopic (exact) mass is 550 g/mol. The highest BCUT2D eigenvalue weighted by molar-refractivity contribution is 7.90. The molecule has 0 spiro atoms. The second kappa shape index (κ2) is 10.3. The first kappa shape index (κ1) is 26.9. The number of nitrogens with two attached hydrogens (primary N) is 2. The molecule has 38 heavy (non-hydrogen) atoms. The predicted molar refractivity (Wildman–Crippen MR) is 145 cm³/mol. The van der Waals surface area contributed by atoms with Crippen LogP contribution >= 0.6 is 0 Å². The van der Waals surface area contributed by atoms with E-state index < -0.39 is 25.7 Å². The minimum absolute atomic E-state index is 0.129. The van der Waals surface area contributed by atoms with Crippen molar-refractivity contribution in [1.82, 2.24) is 0 Å². The van der Waals surface area contributed by atoms with E-state index >= 15 is 0 Å². The summed E-state index contributed by atoms with van der Waals surface area (Å²) in [5.41, 5.74) is 12.8. The Labute approximate surface area is 221 Å². The van der Waals surface area contributed by atoms with E-state index in [9.17, 15) is 16.8 Å². The van der Waals surface area contributed by atoms with E-state index in [1.165, 1.54) is 54.6 Å². The molecule has 0 amide bonds. The van der Waals surface area contributed by atoms with Gasteiger partial charge >= 0.3 is 0 Å². The lowest BCUT2D eigenvalue weighted by Crippen LogP contribution is -2.26. The van der Waals surface area contributed by atoms with Gasteiger partial charge in [-0.05, 0) is 79.6 Å². The molecule has 196 valence electrons. The van der Waals surface area contributed by atoms with Crippen molar-refractivity contribution in [2.45, 2.75) is 35.2 Å². The lowest BCUT2D eigenvalue weighted by molar-refractivity contribution is 0.554. The quantitative estimate of drug-likeness (QED) is 0.234. The fourth-order valence-corrected chi connectivity index (χ4v) is 5.36. The van der Waals surface area contributed by atoms with E-state index in [2.05, 4.69) is 19.3 Å². The number of allylic oxidation sites excluding steroid dienone is 2. The standard InChI is InChI=1S/C26H26N6O4S2/c1-18-4-3-5-20(16-18)21-14-15-26(19(2)17-21,29-31-37(33,34)24-10-6-22(27)7-11-24)30-32-38(35,36)25-12-8-23(28)9-13-25/h3-17,21H,27-28H2,1-2H3. The van der Waals surface area contributed by atoms with Crippen LogP contribution in [0.4, 0.5) is 11.4 Å². The number of hydrogen-bond acceptors (Lipinski definition) is 8. The van der Waals surface area contributed by atoms with Gasteiger partial charge in [-0.25, -0.2) is 0 Å². The van der Waals surface area contributed by atoms with Crippen LogP contribution in [0, 0.1) is 6.92 Å². The summed E-state index contributed by atoms with van der Waals surface area (Å²) < 4.78 is 58.7. The lowest BCUT2D eigenvalue weighted by Gasteiger charge is -2.26. The van der Waals surface area contributed by atoms with Crippen molar-refractivity contribution in [2.75, 3.05) is 11.5 Å². The average molecular weight is 551 g/mol. The molecule has 1 unspecified atom stereocenters. The van der Waals surface area contributed by atoms with E-state index in [4.69, 9.17) is 11.5 Å². The largest absolute Gasteiger partial charge is 0.399 e. The van der Waals surface area contributed by atoms with E-state index in [-0.39, 0.29) is 15.7 Å².